The highest BCUT2D eigenvalue weighted by Gasteiger charge is 2.14. The van der Waals surface area contributed by atoms with Crippen LogP contribution in [0.5, 0.6) is 0 Å². The fourth-order valence-electron chi connectivity index (χ4n) is 3.48. The molecule has 158 valence electrons. The summed E-state index contributed by atoms with van der Waals surface area (Å²) in [6, 6.07) is 0.270. The normalized spacial score (nSPS) is 12.6. The van der Waals surface area contributed by atoms with Crippen molar-refractivity contribution in [3.8, 4) is 0 Å². The van der Waals surface area contributed by atoms with E-state index in [1.165, 1.54) is 22.5 Å². The molecule has 28 heavy (non-hydrogen) atoms. The molecule has 0 amide bonds. The van der Waals surface area contributed by atoms with Gasteiger partial charge in [0.15, 0.2) is 5.96 Å². The SMILES string of the molecule is CCNC(=NCCc1c(C)nn(C)c1C)NC(C)Cc1c(C)nn(C)c1C.I. The molecule has 2 aromatic heterocycles. The van der Waals surface area contributed by atoms with E-state index in [4.69, 9.17) is 4.99 Å². The Labute approximate surface area is 186 Å². The van der Waals surface area contributed by atoms with Crippen LogP contribution in [0.25, 0.3) is 0 Å². The van der Waals surface area contributed by atoms with Crippen molar-refractivity contribution in [3.63, 3.8) is 0 Å². The van der Waals surface area contributed by atoms with Crippen molar-refractivity contribution in [2.45, 2.75) is 60.4 Å². The van der Waals surface area contributed by atoms with Crippen LogP contribution in [0, 0.1) is 27.7 Å². The summed E-state index contributed by atoms with van der Waals surface area (Å²) in [5, 5.41) is 15.9. The van der Waals surface area contributed by atoms with Crippen molar-refractivity contribution in [1.29, 1.82) is 0 Å². The second-order valence-corrected chi connectivity index (χ2v) is 7.31. The minimum atomic E-state index is 0. The highest BCUT2D eigenvalue weighted by Crippen LogP contribution is 2.14. The Morgan fingerprint density at radius 1 is 1.00 bits per heavy atom. The summed E-state index contributed by atoms with van der Waals surface area (Å²) >= 11 is 0. The van der Waals surface area contributed by atoms with Crippen LogP contribution in [0.1, 0.15) is 47.8 Å². The standard InChI is InChI=1S/C20H35N7.HI/c1-9-21-20(22-11-10-18-14(3)24-26(7)16(18)5)23-13(2)12-19-15(4)25-27(8)17(19)6;/h13H,9-12H2,1-8H3,(H2,21,22,23);1H. The molecule has 0 aliphatic rings. The predicted molar refractivity (Wildman–Crippen MR) is 127 cm³/mol. The molecule has 2 aromatic rings. The van der Waals surface area contributed by atoms with Crippen molar-refractivity contribution < 1.29 is 0 Å². The minimum absolute atomic E-state index is 0. The minimum Gasteiger partial charge on any atom is -0.357 e. The van der Waals surface area contributed by atoms with E-state index < -0.39 is 0 Å². The zero-order chi connectivity index (χ0) is 20.1. The number of aromatic nitrogens is 4. The average Bonchev–Trinajstić information content (AvgIpc) is 2.98. The molecule has 0 spiro atoms. The number of guanidine groups is 1. The molecule has 8 heteroatoms. The summed E-state index contributed by atoms with van der Waals surface area (Å²) in [5.74, 6) is 0.864. The van der Waals surface area contributed by atoms with Crippen LogP contribution in [0.2, 0.25) is 0 Å². The van der Waals surface area contributed by atoms with E-state index in [9.17, 15) is 0 Å². The molecular formula is C20H36IN7. The van der Waals surface area contributed by atoms with Crippen LogP contribution in [0.3, 0.4) is 0 Å². The van der Waals surface area contributed by atoms with E-state index in [0.717, 1.165) is 43.3 Å². The van der Waals surface area contributed by atoms with Crippen molar-refractivity contribution >= 4 is 29.9 Å². The molecule has 2 heterocycles. The highest BCUT2D eigenvalue weighted by molar-refractivity contribution is 14.0. The molecule has 0 radical (unpaired) electrons. The topological polar surface area (TPSA) is 72.1 Å². The molecule has 0 fully saturated rings. The van der Waals surface area contributed by atoms with E-state index in [-0.39, 0.29) is 30.0 Å². The zero-order valence-corrected chi connectivity index (χ0v) is 20.9. The van der Waals surface area contributed by atoms with Crippen molar-refractivity contribution in [2.24, 2.45) is 19.1 Å². The summed E-state index contributed by atoms with van der Waals surface area (Å²) in [7, 11) is 3.99. The third kappa shape index (κ3) is 5.96. The number of nitrogens with zero attached hydrogens (tertiary/aromatic N) is 5. The van der Waals surface area contributed by atoms with Gasteiger partial charge in [-0.05, 0) is 65.5 Å². The van der Waals surface area contributed by atoms with E-state index in [1.54, 1.807) is 0 Å². The number of nitrogens with one attached hydrogen (secondary N) is 2. The summed E-state index contributed by atoms with van der Waals surface area (Å²) in [6.45, 7) is 14.2. The lowest BCUT2D eigenvalue weighted by Gasteiger charge is -2.18. The van der Waals surface area contributed by atoms with E-state index in [1.807, 2.05) is 23.5 Å². The monoisotopic (exact) mass is 501 g/mol. The molecule has 0 saturated carbocycles. The Balaban J connectivity index is 0.00000392. The van der Waals surface area contributed by atoms with Crippen LogP contribution >= 0.6 is 24.0 Å². The quantitative estimate of drug-likeness (QED) is 0.348. The first-order valence-electron chi connectivity index (χ1n) is 9.77. The largest absolute Gasteiger partial charge is 0.357 e. The highest BCUT2D eigenvalue weighted by atomic mass is 127. The van der Waals surface area contributed by atoms with Gasteiger partial charge in [-0.15, -0.1) is 24.0 Å². The lowest BCUT2D eigenvalue weighted by Crippen LogP contribution is -2.43. The van der Waals surface area contributed by atoms with Gasteiger partial charge >= 0.3 is 0 Å². The molecule has 1 atom stereocenters. The molecule has 0 aliphatic heterocycles. The van der Waals surface area contributed by atoms with E-state index in [2.05, 4.69) is 62.4 Å². The molecule has 0 aromatic carbocycles. The smallest absolute Gasteiger partial charge is 0.191 e. The Morgan fingerprint density at radius 3 is 2.00 bits per heavy atom. The maximum atomic E-state index is 4.77. The van der Waals surface area contributed by atoms with Gasteiger partial charge in [-0.1, -0.05) is 0 Å². The second kappa shape index (κ2) is 10.8. The van der Waals surface area contributed by atoms with Gasteiger partial charge in [0.1, 0.15) is 0 Å². The van der Waals surface area contributed by atoms with Gasteiger partial charge in [-0.2, -0.15) is 10.2 Å². The Morgan fingerprint density at radius 2 is 1.54 bits per heavy atom. The molecule has 1 unspecified atom stereocenters. The Hall–Kier alpha value is -1.58. The Bertz CT molecular complexity index is 804. The number of hydrogen-bond donors (Lipinski definition) is 2. The van der Waals surface area contributed by atoms with E-state index >= 15 is 0 Å². The maximum absolute atomic E-state index is 4.77. The lowest BCUT2D eigenvalue weighted by atomic mass is 10.1. The van der Waals surface area contributed by atoms with Crippen molar-refractivity contribution in [3.05, 3.63) is 33.9 Å². The van der Waals surface area contributed by atoms with Crippen LogP contribution in [0.4, 0.5) is 0 Å². The van der Waals surface area contributed by atoms with Gasteiger partial charge in [0.2, 0.25) is 0 Å². The first kappa shape index (κ1) is 24.5. The predicted octanol–water partition coefficient (Wildman–Crippen LogP) is 2.73. The van der Waals surface area contributed by atoms with Gasteiger partial charge in [-0.3, -0.25) is 14.4 Å². The van der Waals surface area contributed by atoms with Crippen molar-refractivity contribution in [2.75, 3.05) is 13.1 Å². The van der Waals surface area contributed by atoms with Gasteiger partial charge in [0.05, 0.1) is 11.4 Å². The molecular weight excluding hydrogens is 465 g/mol. The molecule has 2 N–H and O–H groups in total. The Kier molecular flexibility index (Phi) is 9.46. The van der Waals surface area contributed by atoms with Crippen LogP contribution < -0.4 is 10.6 Å². The van der Waals surface area contributed by atoms with Gasteiger partial charge in [0, 0.05) is 44.6 Å². The first-order chi connectivity index (χ1) is 12.7. The number of halogens is 1. The number of aliphatic imine (C=N–C) groups is 1. The molecule has 0 aliphatic carbocycles. The summed E-state index contributed by atoms with van der Waals surface area (Å²) in [4.78, 5) is 4.77. The molecule has 7 nitrogen and oxygen atoms in total. The zero-order valence-electron chi connectivity index (χ0n) is 18.6. The fourth-order valence-corrected chi connectivity index (χ4v) is 3.48. The summed E-state index contributed by atoms with van der Waals surface area (Å²) < 4.78 is 3.90. The number of aryl methyl sites for hydroxylation is 4. The summed E-state index contributed by atoms with van der Waals surface area (Å²) in [5.41, 5.74) is 7.26. The van der Waals surface area contributed by atoms with Gasteiger partial charge in [-0.25, -0.2) is 0 Å². The molecule has 2 rings (SSSR count). The third-order valence-electron chi connectivity index (χ3n) is 5.19. The fraction of sp³-hybridized carbons (Fsp3) is 0.650. The molecule has 0 saturated heterocycles. The first-order valence-corrected chi connectivity index (χ1v) is 9.77. The van der Waals surface area contributed by atoms with Crippen LogP contribution in [-0.4, -0.2) is 44.7 Å². The third-order valence-corrected chi connectivity index (χ3v) is 5.19. The van der Waals surface area contributed by atoms with Crippen LogP contribution in [-0.2, 0) is 26.9 Å². The number of hydrogen-bond acceptors (Lipinski definition) is 3. The second-order valence-electron chi connectivity index (χ2n) is 7.31. The van der Waals surface area contributed by atoms with Crippen LogP contribution in [0.15, 0.2) is 4.99 Å². The van der Waals surface area contributed by atoms with E-state index in [0.29, 0.717) is 0 Å². The van der Waals surface area contributed by atoms with Crippen molar-refractivity contribution in [1.82, 2.24) is 30.2 Å². The van der Waals surface area contributed by atoms with Gasteiger partial charge < -0.3 is 10.6 Å². The number of rotatable bonds is 7. The average molecular weight is 501 g/mol. The van der Waals surface area contributed by atoms with Gasteiger partial charge in [0.25, 0.3) is 0 Å². The maximum Gasteiger partial charge on any atom is 0.191 e. The summed E-state index contributed by atoms with van der Waals surface area (Å²) in [6.07, 6.45) is 1.83. The lowest BCUT2D eigenvalue weighted by molar-refractivity contribution is 0.635. The molecule has 0 bridgehead atoms.